The summed E-state index contributed by atoms with van der Waals surface area (Å²) in [5.41, 5.74) is 0.545. The first kappa shape index (κ1) is 16.3. The minimum Gasteiger partial charge on any atom is -0.481 e. The van der Waals surface area contributed by atoms with Crippen molar-refractivity contribution in [3.05, 3.63) is 18.0 Å². The van der Waals surface area contributed by atoms with Crippen LogP contribution in [0.4, 0.5) is 5.95 Å². The smallest absolute Gasteiger partial charge is 0.279 e. The standard InChI is InChI=1S/C13H15N9O3/c1-21-6-7(11-17-20-22(2)19-11)10(18-21)12(23)16-13-14-8(24-3)5-9(15-13)25-4/h5-6H,1-4H3,(H,14,15,16,23). The SMILES string of the molecule is COc1cc(OC)nc(NC(=O)c2nn(C)cc2-c2nnn(C)n2)n1. The van der Waals surface area contributed by atoms with Crippen molar-refractivity contribution in [2.45, 2.75) is 0 Å². The number of hydrogen-bond acceptors (Lipinski definition) is 9. The van der Waals surface area contributed by atoms with Crippen LogP contribution in [0.25, 0.3) is 11.4 Å². The Balaban J connectivity index is 1.92. The van der Waals surface area contributed by atoms with Crippen molar-refractivity contribution < 1.29 is 14.3 Å². The summed E-state index contributed by atoms with van der Waals surface area (Å²) in [6.07, 6.45) is 1.62. The van der Waals surface area contributed by atoms with Gasteiger partial charge >= 0.3 is 0 Å². The lowest BCUT2D eigenvalue weighted by Gasteiger charge is -2.07. The van der Waals surface area contributed by atoms with Crippen LogP contribution in [0.15, 0.2) is 12.3 Å². The Hall–Kier alpha value is -3.57. The molecule has 0 radical (unpaired) electrons. The maximum atomic E-state index is 12.6. The third-order valence-electron chi connectivity index (χ3n) is 3.12. The first-order valence-electron chi connectivity index (χ1n) is 7.06. The Morgan fingerprint density at radius 3 is 2.36 bits per heavy atom. The van der Waals surface area contributed by atoms with Crippen molar-refractivity contribution in [1.29, 1.82) is 0 Å². The number of ether oxygens (including phenoxy) is 2. The lowest BCUT2D eigenvalue weighted by Crippen LogP contribution is -2.16. The van der Waals surface area contributed by atoms with Crippen LogP contribution >= 0.6 is 0 Å². The molecule has 0 fully saturated rings. The molecule has 12 heteroatoms. The summed E-state index contributed by atoms with van der Waals surface area (Å²) >= 11 is 0. The summed E-state index contributed by atoms with van der Waals surface area (Å²) in [7, 11) is 6.21. The lowest BCUT2D eigenvalue weighted by molar-refractivity contribution is 0.102. The largest absolute Gasteiger partial charge is 0.481 e. The summed E-state index contributed by atoms with van der Waals surface area (Å²) in [5, 5.41) is 18.5. The number of carbonyl (C=O) groups is 1. The topological polar surface area (TPSA) is 135 Å². The van der Waals surface area contributed by atoms with Gasteiger partial charge in [0, 0.05) is 13.2 Å². The first-order chi connectivity index (χ1) is 12.0. The van der Waals surface area contributed by atoms with Crippen LogP contribution in [0.1, 0.15) is 10.5 Å². The molecular formula is C13H15N9O3. The van der Waals surface area contributed by atoms with Crippen LogP contribution in [0.3, 0.4) is 0 Å². The molecule has 3 aromatic heterocycles. The fourth-order valence-corrected chi connectivity index (χ4v) is 2.04. The van der Waals surface area contributed by atoms with Gasteiger partial charge in [0.25, 0.3) is 5.91 Å². The molecule has 0 bridgehead atoms. The predicted molar refractivity (Wildman–Crippen MR) is 84.1 cm³/mol. The fourth-order valence-electron chi connectivity index (χ4n) is 2.04. The molecule has 3 heterocycles. The van der Waals surface area contributed by atoms with E-state index in [-0.39, 0.29) is 29.2 Å². The number of tetrazole rings is 1. The summed E-state index contributed by atoms with van der Waals surface area (Å²) in [6, 6.07) is 1.49. The van der Waals surface area contributed by atoms with Gasteiger partial charge in [0.1, 0.15) is 0 Å². The van der Waals surface area contributed by atoms with E-state index in [1.54, 1.807) is 20.3 Å². The summed E-state index contributed by atoms with van der Waals surface area (Å²) in [4.78, 5) is 22.0. The van der Waals surface area contributed by atoms with Crippen molar-refractivity contribution in [3.8, 4) is 23.1 Å². The molecule has 0 aliphatic heterocycles. The molecule has 0 saturated carbocycles. The highest BCUT2D eigenvalue weighted by atomic mass is 16.5. The van der Waals surface area contributed by atoms with Gasteiger partial charge in [0.15, 0.2) is 5.69 Å². The van der Waals surface area contributed by atoms with Crippen LogP contribution in [0, 0.1) is 0 Å². The maximum Gasteiger partial charge on any atom is 0.279 e. The molecule has 0 unspecified atom stereocenters. The Labute approximate surface area is 141 Å². The highest BCUT2D eigenvalue weighted by molar-refractivity contribution is 6.05. The monoisotopic (exact) mass is 345 g/mol. The second-order valence-corrected chi connectivity index (χ2v) is 4.90. The van der Waals surface area contributed by atoms with E-state index in [1.165, 1.54) is 29.8 Å². The lowest BCUT2D eigenvalue weighted by atomic mass is 10.2. The molecule has 130 valence electrons. The Morgan fingerprint density at radius 1 is 1.12 bits per heavy atom. The van der Waals surface area contributed by atoms with Gasteiger partial charge in [-0.05, 0) is 5.21 Å². The Morgan fingerprint density at radius 2 is 1.80 bits per heavy atom. The molecule has 0 aromatic carbocycles. The zero-order valence-electron chi connectivity index (χ0n) is 14.0. The van der Waals surface area contributed by atoms with E-state index < -0.39 is 5.91 Å². The number of hydrogen-bond donors (Lipinski definition) is 1. The van der Waals surface area contributed by atoms with Crippen molar-refractivity contribution >= 4 is 11.9 Å². The van der Waals surface area contributed by atoms with Crippen LogP contribution in [0.5, 0.6) is 11.8 Å². The number of aryl methyl sites for hydroxylation is 2. The average molecular weight is 345 g/mol. The van der Waals surface area contributed by atoms with Crippen LogP contribution in [0.2, 0.25) is 0 Å². The summed E-state index contributed by atoms with van der Waals surface area (Å²) in [5.74, 6) is 0.270. The van der Waals surface area contributed by atoms with E-state index in [0.717, 1.165) is 0 Å². The normalized spacial score (nSPS) is 10.6. The molecular weight excluding hydrogens is 330 g/mol. The molecule has 0 spiro atoms. The van der Waals surface area contributed by atoms with E-state index >= 15 is 0 Å². The van der Waals surface area contributed by atoms with Gasteiger partial charge in [-0.3, -0.25) is 14.8 Å². The minimum atomic E-state index is -0.529. The first-order valence-corrected chi connectivity index (χ1v) is 7.06. The quantitative estimate of drug-likeness (QED) is 0.659. The number of methoxy groups -OCH3 is 2. The molecule has 3 rings (SSSR count). The van der Waals surface area contributed by atoms with Crippen molar-refractivity contribution in [2.24, 2.45) is 14.1 Å². The number of aromatic nitrogens is 8. The molecule has 3 aromatic rings. The van der Waals surface area contributed by atoms with E-state index in [0.29, 0.717) is 5.56 Å². The third-order valence-corrected chi connectivity index (χ3v) is 3.12. The van der Waals surface area contributed by atoms with E-state index in [2.05, 4.69) is 35.8 Å². The zero-order valence-corrected chi connectivity index (χ0v) is 14.0. The fraction of sp³-hybridized carbons (Fsp3) is 0.308. The second kappa shape index (κ2) is 6.51. The Bertz CT molecular complexity index is 895. The van der Waals surface area contributed by atoms with Crippen molar-refractivity contribution in [2.75, 3.05) is 19.5 Å². The van der Waals surface area contributed by atoms with Gasteiger partial charge in [-0.15, -0.1) is 10.2 Å². The molecule has 0 aliphatic rings. The van der Waals surface area contributed by atoms with Gasteiger partial charge in [-0.2, -0.15) is 19.9 Å². The molecule has 0 atom stereocenters. The number of anilines is 1. The van der Waals surface area contributed by atoms with Gasteiger partial charge < -0.3 is 9.47 Å². The second-order valence-electron chi connectivity index (χ2n) is 4.90. The molecule has 1 N–H and O–H groups in total. The van der Waals surface area contributed by atoms with Crippen molar-refractivity contribution in [3.63, 3.8) is 0 Å². The van der Waals surface area contributed by atoms with E-state index in [1.807, 2.05) is 0 Å². The minimum absolute atomic E-state index is 0.0184. The number of amides is 1. The van der Waals surface area contributed by atoms with Crippen LogP contribution in [-0.2, 0) is 14.1 Å². The third kappa shape index (κ3) is 3.36. The zero-order chi connectivity index (χ0) is 18.0. The Kier molecular flexibility index (Phi) is 4.24. The molecule has 25 heavy (non-hydrogen) atoms. The number of rotatable bonds is 5. The number of nitrogens with one attached hydrogen (secondary N) is 1. The van der Waals surface area contributed by atoms with Gasteiger partial charge in [-0.25, -0.2) is 0 Å². The highest BCUT2D eigenvalue weighted by Crippen LogP contribution is 2.21. The van der Waals surface area contributed by atoms with E-state index in [4.69, 9.17) is 9.47 Å². The molecule has 0 aliphatic carbocycles. The van der Waals surface area contributed by atoms with Gasteiger partial charge in [0.2, 0.25) is 23.5 Å². The molecule has 0 saturated heterocycles. The maximum absolute atomic E-state index is 12.6. The molecule has 1 amide bonds. The summed E-state index contributed by atoms with van der Waals surface area (Å²) < 4.78 is 11.6. The van der Waals surface area contributed by atoms with Crippen molar-refractivity contribution in [1.82, 2.24) is 40.0 Å². The number of carbonyl (C=O) groups excluding carboxylic acids is 1. The predicted octanol–water partition coefficient (Wildman–Crippen LogP) is -0.330. The number of nitrogens with zero attached hydrogens (tertiary/aromatic N) is 8. The average Bonchev–Trinajstić information content (AvgIpc) is 3.20. The van der Waals surface area contributed by atoms with Gasteiger partial charge in [0.05, 0.1) is 32.9 Å². The summed E-state index contributed by atoms with van der Waals surface area (Å²) in [6.45, 7) is 0. The van der Waals surface area contributed by atoms with Crippen LogP contribution in [-0.4, -0.2) is 60.1 Å². The van der Waals surface area contributed by atoms with Gasteiger partial charge in [-0.1, -0.05) is 0 Å². The van der Waals surface area contributed by atoms with Crippen LogP contribution < -0.4 is 14.8 Å². The highest BCUT2D eigenvalue weighted by Gasteiger charge is 2.22. The molecule has 12 nitrogen and oxygen atoms in total. The van der Waals surface area contributed by atoms with E-state index in [9.17, 15) is 4.79 Å².